The van der Waals surface area contributed by atoms with Crippen LogP contribution in [0.25, 0.3) is 6.08 Å². The van der Waals surface area contributed by atoms with E-state index in [1.165, 1.54) is 43.5 Å². The van der Waals surface area contributed by atoms with Crippen molar-refractivity contribution in [2.75, 3.05) is 20.3 Å². The maximum absolute atomic E-state index is 12.8. The topological polar surface area (TPSA) is 117 Å². The summed E-state index contributed by atoms with van der Waals surface area (Å²) < 4.78 is 47.2. The highest BCUT2D eigenvalue weighted by Crippen LogP contribution is 2.36. The van der Waals surface area contributed by atoms with Gasteiger partial charge in [0.1, 0.15) is 4.90 Å². The van der Waals surface area contributed by atoms with Crippen LogP contribution < -0.4 is 23.7 Å². The third kappa shape index (κ3) is 4.62. The van der Waals surface area contributed by atoms with Crippen LogP contribution in [0.1, 0.15) is 12.0 Å². The summed E-state index contributed by atoms with van der Waals surface area (Å²) in [5, 5.41) is 1.71. The van der Waals surface area contributed by atoms with Gasteiger partial charge in [-0.15, -0.1) is 0 Å². The number of hydrogen-bond donors (Lipinski definition) is 1. The van der Waals surface area contributed by atoms with Crippen LogP contribution in [0.2, 0.25) is 0 Å². The molecule has 2 aliphatic heterocycles. The quantitative estimate of drug-likeness (QED) is 0.527. The van der Waals surface area contributed by atoms with Crippen LogP contribution in [0.4, 0.5) is 4.79 Å². The monoisotopic (exact) mass is 463 g/mol. The molecule has 0 unspecified atom stereocenters. The van der Waals surface area contributed by atoms with Crippen molar-refractivity contribution in [3.05, 3.63) is 46.9 Å². The number of imide groups is 1. The second-order valence-corrected chi connectivity index (χ2v) is 9.02. The molecule has 2 aliphatic rings. The molecule has 0 aromatic heterocycles. The molecule has 2 heterocycles. The number of thioether (sulfide) groups is 1. The number of fused-ring (bicyclic) bond motifs is 1. The highest BCUT2D eigenvalue weighted by molar-refractivity contribution is 8.18. The van der Waals surface area contributed by atoms with E-state index in [0.29, 0.717) is 36.7 Å². The number of methoxy groups -OCH3 is 1. The van der Waals surface area contributed by atoms with Crippen molar-refractivity contribution < 1.29 is 36.4 Å². The van der Waals surface area contributed by atoms with E-state index in [-0.39, 0.29) is 21.3 Å². The molecule has 1 saturated heterocycles. The molecule has 0 aliphatic carbocycles. The molecule has 31 heavy (non-hydrogen) atoms. The average Bonchev–Trinajstić information content (AvgIpc) is 2.92. The third-order valence-corrected chi connectivity index (χ3v) is 6.38. The Hall–Kier alpha value is -3.18. The van der Waals surface area contributed by atoms with Crippen LogP contribution >= 0.6 is 11.8 Å². The second-order valence-electron chi connectivity index (χ2n) is 6.46. The Bertz CT molecular complexity index is 1190. The first-order valence-electron chi connectivity index (χ1n) is 9.13. The van der Waals surface area contributed by atoms with Crippen LogP contribution in [0.15, 0.2) is 46.2 Å². The fraction of sp³-hybridized carbons (Fsp3) is 0.200. The third-order valence-electron chi connectivity index (χ3n) is 4.33. The van der Waals surface area contributed by atoms with Gasteiger partial charge in [-0.05, 0) is 47.7 Å². The van der Waals surface area contributed by atoms with Crippen molar-refractivity contribution in [2.24, 2.45) is 0 Å². The van der Waals surface area contributed by atoms with Gasteiger partial charge in [0.25, 0.3) is 11.1 Å². The van der Waals surface area contributed by atoms with Crippen molar-refractivity contribution in [3.63, 3.8) is 0 Å². The molecule has 0 atom stereocenters. The van der Waals surface area contributed by atoms with Crippen molar-refractivity contribution in [1.29, 1.82) is 0 Å². The summed E-state index contributed by atoms with van der Waals surface area (Å²) in [4.78, 5) is 23.1. The summed E-state index contributed by atoms with van der Waals surface area (Å²) in [5.41, 5.74) is 0.532. The molecule has 0 saturated carbocycles. The van der Waals surface area contributed by atoms with Crippen molar-refractivity contribution in [2.45, 2.75) is 11.3 Å². The standard InChI is InChI=1S/C20H17NO8S2/c1-26-16-9-12(10-18-19(22)21-20(23)30-18)3-5-15(16)29-31(24,25)13-4-6-14-17(11-13)28-8-2-7-27-14/h3-6,9-11H,2,7-8H2,1H3,(H,21,22,23)/b18-10+. The van der Waals surface area contributed by atoms with Gasteiger partial charge in [0.05, 0.1) is 25.2 Å². The first kappa shape index (κ1) is 21.1. The normalized spacial score (nSPS) is 17.3. The number of benzene rings is 2. The fourth-order valence-electron chi connectivity index (χ4n) is 2.88. The molecule has 11 heteroatoms. The Balaban J connectivity index is 1.60. The van der Waals surface area contributed by atoms with E-state index in [1.807, 2.05) is 0 Å². The predicted molar refractivity (Wildman–Crippen MR) is 112 cm³/mol. The van der Waals surface area contributed by atoms with Gasteiger partial charge in [-0.3, -0.25) is 14.9 Å². The number of ether oxygens (including phenoxy) is 3. The van der Waals surface area contributed by atoms with E-state index in [1.54, 1.807) is 6.07 Å². The number of hydrogen-bond acceptors (Lipinski definition) is 9. The number of amides is 2. The van der Waals surface area contributed by atoms with E-state index >= 15 is 0 Å². The minimum atomic E-state index is -4.19. The van der Waals surface area contributed by atoms with Crippen LogP contribution in [0.5, 0.6) is 23.0 Å². The second kappa shape index (κ2) is 8.52. The zero-order chi connectivity index (χ0) is 22.0. The molecule has 2 amide bonds. The average molecular weight is 463 g/mol. The molecule has 0 spiro atoms. The molecular formula is C20H17NO8S2. The highest BCUT2D eigenvalue weighted by Gasteiger charge is 2.26. The van der Waals surface area contributed by atoms with Crippen LogP contribution in [0, 0.1) is 0 Å². The zero-order valence-corrected chi connectivity index (χ0v) is 17.9. The van der Waals surface area contributed by atoms with E-state index in [4.69, 9.17) is 18.4 Å². The van der Waals surface area contributed by atoms with Gasteiger partial charge in [0, 0.05) is 12.5 Å². The predicted octanol–water partition coefficient (Wildman–Crippen LogP) is 2.95. The Kier molecular flexibility index (Phi) is 5.79. The molecule has 9 nitrogen and oxygen atoms in total. The van der Waals surface area contributed by atoms with Crippen LogP contribution in [-0.4, -0.2) is 39.9 Å². The summed E-state index contributed by atoms with van der Waals surface area (Å²) in [6, 6.07) is 8.71. The summed E-state index contributed by atoms with van der Waals surface area (Å²) in [6.07, 6.45) is 2.19. The molecular weight excluding hydrogens is 446 g/mol. The first-order chi connectivity index (χ1) is 14.9. The lowest BCUT2D eigenvalue weighted by atomic mass is 10.2. The van der Waals surface area contributed by atoms with E-state index in [2.05, 4.69) is 5.32 Å². The summed E-state index contributed by atoms with van der Waals surface area (Å²) in [6.45, 7) is 0.910. The Morgan fingerprint density at radius 1 is 1.03 bits per heavy atom. The molecule has 0 bridgehead atoms. The summed E-state index contributed by atoms with van der Waals surface area (Å²) >= 11 is 0.778. The number of rotatable bonds is 5. The van der Waals surface area contributed by atoms with Crippen LogP contribution in [-0.2, 0) is 14.9 Å². The van der Waals surface area contributed by atoms with Gasteiger partial charge < -0.3 is 18.4 Å². The SMILES string of the molecule is COc1cc(/C=C2/SC(=O)NC2=O)ccc1OS(=O)(=O)c1ccc2c(c1)OCCCO2. The van der Waals surface area contributed by atoms with E-state index in [0.717, 1.165) is 11.8 Å². The summed E-state index contributed by atoms with van der Waals surface area (Å²) in [5.74, 6) is 0.418. The van der Waals surface area contributed by atoms with Gasteiger partial charge >= 0.3 is 10.1 Å². The Morgan fingerprint density at radius 3 is 2.52 bits per heavy atom. The molecule has 0 radical (unpaired) electrons. The first-order valence-corrected chi connectivity index (χ1v) is 11.4. The molecule has 4 rings (SSSR count). The smallest absolute Gasteiger partial charge is 0.339 e. The maximum Gasteiger partial charge on any atom is 0.339 e. The van der Waals surface area contributed by atoms with Gasteiger partial charge in [0.15, 0.2) is 23.0 Å². The Morgan fingerprint density at radius 2 is 1.81 bits per heavy atom. The number of carbonyl (C=O) groups is 2. The lowest BCUT2D eigenvalue weighted by Gasteiger charge is -2.13. The molecule has 2 aromatic carbocycles. The maximum atomic E-state index is 12.8. The van der Waals surface area contributed by atoms with Crippen LogP contribution in [0.3, 0.4) is 0 Å². The largest absolute Gasteiger partial charge is 0.493 e. The number of nitrogens with one attached hydrogen (secondary N) is 1. The van der Waals surface area contributed by atoms with Gasteiger partial charge in [-0.1, -0.05) is 6.07 Å². The van der Waals surface area contributed by atoms with Crippen molar-refractivity contribution in [1.82, 2.24) is 5.32 Å². The van der Waals surface area contributed by atoms with Gasteiger partial charge in [0.2, 0.25) is 0 Å². The minimum absolute atomic E-state index is 0.0311. The fourth-order valence-corrected chi connectivity index (χ4v) is 4.52. The van der Waals surface area contributed by atoms with Crippen molar-refractivity contribution >= 4 is 39.1 Å². The lowest BCUT2D eigenvalue weighted by molar-refractivity contribution is -0.115. The van der Waals surface area contributed by atoms with E-state index in [9.17, 15) is 18.0 Å². The lowest BCUT2D eigenvalue weighted by Crippen LogP contribution is -2.17. The summed E-state index contributed by atoms with van der Waals surface area (Å²) in [7, 11) is -2.83. The molecule has 1 fully saturated rings. The van der Waals surface area contributed by atoms with Gasteiger partial charge in [-0.25, -0.2) is 0 Å². The highest BCUT2D eigenvalue weighted by atomic mass is 32.2. The molecule has 2 aromatic rings. The molecule has 162 valence electrons. The van der Waals surface area contributed by atoms with Gasteiger partial charge in [-0.2, -0.15) is 8.42 Å². The van der Waals surface area contributed by atoms with Crippen molar-refractivity contribution in [3.8, 4) is 23.0 Å². The minimum Gasteiger partial charge on any atom is -0.493 e. The number of carbonyl (C=O) groups excluding carboxylic acids is 2. The van der Waals surface area contributed by atoms with E-state index < -0.39 is 21.3 Å². The zero-order valence-electron chi connectivity index (χ0n) is 16.2. The Labute approximate surface area is 182 Å². The molecule has 1 N–H and O–H groups in total.